The summed E-state index contributed by atoms with van der Waals surface area (Å²) >= 11 is 4.29. The van der Waals surface area contributed by atoms with E-state index in [9.17, 15) is 0 Å². The summed E-state index contributed by atoms with van der Waals surface area (Å²) in [6, 6.07) is 0. The molecule has 0 aromatic carbocycles. The number of nitrogens with one attached hydrogen (secondary N) is 1. The average molecular weight is 219 g/mol. The lowest BCUT2D eigenvalue weighted by Crippen LogP contribution is -2.37. The van der Waals surface area contributed by atoms with Crippen LogP contribution in [0.25, 0.3) is 0 Å². The minimum absolute atomic E-state index is 0.0765. The van der Waals surface area contributed by atoms with Crippen LogP contribution in [-0.2, 0) is 4.74 Å². The van der Waals surface area contributed by atoms with Gasteiger partial charge in [0.15, 0.2) is 0 Å². The Labute approximate surface area is 94.2 Å². The third-order valence-electron chi connectivity index (χ3n) is 1.65. The molecule has 86 valence electrons. The maximum atomic E-state index is 5.83. The van der Waals surface area contributed by atoms with Gasteiger partial charge < -0.3 is 10.1 Å². The summed E-state index contributed by atoms with van der Waals surface area (Å²) in [5.41, 5.74) is -0.0765. The van der Waals surface area contributed by atoms with Gasteiger partial charge in [0, 0.05) is 12.3 Å². The third kappa shape index (κ3) is 8.85. The minimum Gasteiger partial charge on any atom is -0.370 e. The van der Waals surface area contributed by atoms with Gasteiger partial charge >= 0.3 is 0 Å². The molecular formula is C11H25NOS. The Morgan fingerprint density at radius 3 is 2.14 bits per heavy atom. The second kappa shape index (κ2) is 6.70. The Bertz CT molecular complexity index is 143. The smallest absolute Gasteiger partial charge is 0.0794 e. The van der Waals surface area contributed by atoms with Crippen molar-refractivity contribution in [3.63, 3.8) is 0 Å². The molecule has 0 aliphatic rings. The zero-order valence-electron chi connectivity index (χ0n) is 10.1. The van der Waals surface area contributed by atoms with Crippen LogP contribution in [0.2, 0.25) is 0 Å². The first-order valence-corrected chi connectivity index (χ1v) is 5.98. The Balaban J connectivity index is 3.69. The zero-order valence-corrected chi connectivity index (χ0v) is 11.0. The summed E-state index contributed by atoms with van der Waals surface area (Å²) in [6.45, 7) is 12.6. The Morgan fingerprint density at radius 1 is 1.21 bits per heavy atom. The number of rotatable bonds is 6. The second-order valence-corrected chi connectivity index (χ2v) is 5.45. The molecule has 0 rings (SSSR count). The lowest BCUT2D eigenvalue weighted by Gasteiger charge is -2.27. The van der Waals surface area contributed by atoms with Crippen molar-refractivity contribution in [2.45, 2.75) is 46.3 Å². The van der Waals surface area contributed by atoms with E-state index in [2.05, 4.69) is 52.6 Å². The fraction of sp³-hybridized carbons (Fsp3) is 1.00. The largest absolute Gasteiger partial charge is 0.370 e. The standard InChI is InChI=1S/C11H25NOS/c1-9(2)6-12-7-10(8-14)13-11(3,4)5/h9-10,12,14H,6-8H2,1-5H3/t10-/m1/s1. The maximum absolute atomic E-state index is 5.83. The van der Waals surface area contributed by atoms with Crippen LogP contribution >= 0.6 is 12.6 Å². The van der Waals surface area contributed by atoms with Gasteiger partial charge in [0.1, 0.15) is 0 Å². The van der Waals surface area contributed by atoms with Gasteiger partial charge in [-0.05, 0) is 33.2 Å². The highest BCUT2D eigenvalue weighted by atomic mass is 32.1. The van der Waals surface area contributed by atoms with Gasteiger partial charge in [-0.25, -0.2) is 0 Å². The van der Waals surface area contributed by atoms with Crippen LogP contribution < -0.4 is 5.32 Å². The van der Waals surface area contributed by atoms with Crippen molar-refractivity contribution in [1.29, 1.82) is 0 Å². The fourth-order valence-electron chi connectivity index (χ4n) is 1.18. The van der Waals surface area contributed by atoms with Gasteiger partial charge in [0.2, 0.25) is 0 Å². The molecule has 1 N–H and O–H groups in total. The van der Waals surface area contributed by atoms with E-state index in [0.717, 1.165) is 18.8 Å². The normalized spacial score (nSPS) is 14.8. The quantitative estimate of drug-likeness (QED) is 0.669. The summed E-state index contributed by atoms with van der Waals surface area (Å²) in [7, 11) is 0. The molecule has 0 aromatic heterocycles. The molecule has 0 bridgehead atoms. The number of hydrogen-bond acceptors (Lipinski definition) is 3. The molecule has 0 aliphatic heterocycles. The monoisotopic (exact) mass is 219 g/mol. The van der Waals surface area contributed by atoms with Gasteiger partial charge in [0.05, 0.1) is 11.7 Å². The molecule has 0 unspecified atom stereocenters. The molecule has 0 saturated heterocycles. The molecular weight excluding hydrogens is 194 g/mol. The highest BCUT2D eigenvalue weighted by molar-refractivity contribution is 7.80. The number of hydrogen-bond donors (Lipinski definition) is 2. The van der Waals surface area contributed by atoms with Crippen molar-refractivity contribution in [2.75, 3.05) is 18.8 Å². The lowest BCUT2D eigenvalue weighted by atomic mass is 10.2. The van der Waals surface area contributed by atoms with E-state index in [1.54, 1.807) is 0 Å². The molecule has 2 nitrogen and oxygen atoms in total. The van der Waals surface area contributed by atoms with Gasteiger partial charge in [-0.15, -0.1) is 0 Å². The summed E-state index contributed by atoms with van der Waals surface area (Å²) in [6.07, 6.45) is 0.206. The van der Waals surface area contributed by atoms with Gasteiger partial charge in [0.25, 0.3) is 0 Å². The fourth-order valence-corrected chi connectivity index (χ4v) is 1.38. The van der Waals surface area contributed by atoms with E-state index in [0.29, 0.717) is 5.92 Å². The molecule has 0 fully saturated rings. The maximum Gasteiger partial charge on any atom is 0.0794 e. The van der Waals surface area contributed by atoms with Crippen molar-refractivity contribution in [3.8, 4) is 0 Å². The third-order valence-corrected chi connectivity index (χ3v) is 2.06. The molecule has 0 saturated carbocycles. The number of ether oxygens (including phenoxy) is 1. The zero-order chi connectivity index (χ0) is 11.2. The summed E-state index contributed by atoms with van der Waals surface area (Å²) in [4.78, 5) is 0. The highest BCUT2D eigenvalue weighted by Gasteiger charge is 2.17. The Kier molecular flexibility index (Phi) is 6.83. The van der Waals surface area contributed by atoms with Crippen LogP contribution in [0.15, 0.2) is 0 Å². The van der Waals surface area contributed by atoms with Crippen molar-refractivity contribution in [3.05, 3.63) is 0 Å². The summed E-state index contributed by atoms with van der Waals surface area (Å²) < 4.78 is 5.83. The topological polar surface area (TPSA) is 21.3 Å². The molecule has 3 heteroatoms. The first-order chi connectivity index (χ1) is 6.35. The average Bonchev–Trinajstić information content (AvgIpc) is 1.99. The molecule has 0 amide bonds. The van der Waals surface area contributed by atoms with Crippen LogP contribution in [0.3, 0.4) is 0 Å². The van der Waals surface area contributed by atoms with Crippen molar-refractivity contribution < 1.29 is 4.74 Å². The Morgan fingerprint density at radius 2 is 1.79 bits per heavy atom. The molecule has 0 spiro atoms. The summed E-state index contributed by atoms with van der Waals surface area (Å²) in [5.74, 6) is 1.45. The van der Waals surface area contributed by atoms with Gasteiger partial charge in [-0.1, -0.05) is 13.8 Å². The predicted molar refractivity (Wildman–Crippen MR) is 66.2 cm³/mol. The number of thiol groups is 1. The molecule has 1 atom stereocenters. The molecule has 14 heavy (non-hydrogen) atoms. The van der Waals surface area contributed by atoms with E-state index < -0.39 is 0 Å². The lowest BCUT2D eigenvalue weighted by molar-refractivity contribution is -0.0476. The van der Waals surface area contributed by atoms with Crippen LogP contribution in [0.5, 0.6) is 0 Å². The van der Waals surface area contributed by atoms with Crippen LogP contribution in [-0.4, -0.2) is 30.5 Å². The van der Waals surface area contributed by atoms with Crippen molar-refractivity contribution in [1.82, 2.24) is 5.32 Å². The van der Waals surface area contributed by atoms with E-state index >= 15 is 0 Å². The van der Waals surface area contributed by atoms with E-state index in [1.807, 2.05) is 0 Å². The summed E-state index contributed by atoms with van der Waals surface area (Å²) in [5, 5.41) is 3.38. The molecule has 0 aliphatic carbocycles. The van der Waals surface area contributed by atoms with E-state index in [-0.39, 0.29) is 11.7 Å². The van der Waals surface area contributed by atoms with Crippen LogP contribution in [0.4, 0.5) is 0 Å². The van der Waals surface area contributed by atoms with Crippen molar-refractivity contribution >= 4 is 12.6 Å². The van der Waals surface area contributed by atoms with Gasteiger partial charge in [-0.2, -0.15) is 12.6 Å². The molecule has 0 heterocycles. The molecule has 0 aromatic rings. The first-order valence-electron chi connectivity index (χ1n) is 5.34. The van der Waals surface area contributed by atoms with Crippen LogP contribution in [0, 0.1) is 5.92 Å². The minimum atomic E-state index is -0.0765. The SMILES string of the molecule is CC(C)CNC[C@H](CS)OC(C)(C)C. The van der Waals surface area contributed by atoms with Crippen LogP contribution in [0.1, 0.15) is 34.6 Å². The first kappa shape index (κ1) is 14.3. The second-order valence-electron chi connectivity index (χ2n) is 5.09. The van der Waals surface area contributed by atoms with E-state index in [4.69, 9.17) is 4.74 Å². The van der Waals surface area contributed by atoms with Gasteiger partial charge in [-0.3, -0.25) is 0 Å². The van der Waals surface area contributed by atoms with Crippen molar-refractivity contribution in [2.24, 2.45) is 5.92 Å². The Hall–Kier alpha value is 0.270. The highest BCUT2D eigenvalue weighted by Crippen LogP contribution is 2.11. The van der Waals surface area contributed by atoms with E-state index in [1.165, 1.54) is 0 Å². The predicted octanol–water partition coefficient (Wildman–Crippen LogP) is 2.35. The molecule has 0 radical (unpaired) electrons.